The lowest BCUT2D eigenvalue weighted by atomic mass is 10.3. The van der Waals surface area contributed by atoms with Crippen LogP contribution < -0.4 is 10.0 Å². The van der Waals surface area contributed by atoms with E-state index in [9.17, 15) is 8.42 Å². The zero-order valence-corrected chi connectivity index (χ0v) is 12.2. The number of aryl methyl sites for hydroxylation is 1. The summed E-state index contributed by atoms with van der Waals surface area (Å²) in [5.41, 5.74) is 1.08. The molecule has 2 aromatic heterocycles. The fraction of sp³-hybridized carbons (Fsp3) is 0.273. The van der Waals surface area contributed by atoms with Gasteiger partial charge in [0.2, 0.25) is 16.0 Å². The van der Waals surface area contributed by atoms with E-state index in [2.05, 4.69) is 20.0 Å². The summed E-state index contributed by atoms with van der Waals surface area (Å²) in [6, 6.07) is 1.96. The Morgan fingerprint density at radius 1 is 1.32 bits per heavy atom. The van der Waals surface area contributed by atoms with Crippen LogP contribution in [-0.2, 0) is 16.6 Å². The van der Waals surface area contributed by atoms with Crippen molar-refractivity contribution in [3.63, 3.8) is 0 Å². The fourth-order valence-electron chi connectivity index (χ4n) is 1.41. The molecule has 0 saturated carbocycles. The van der Waals surface area contributed by atoms with Gasteiger partial charge >= 0.3 is 0 Å². The lowest BCUT2D eigenvalue weighted by Gasteiger charge is -2.06. The first-order valence-electron chi connectivity index (χ1n) is 5.55. The second kappa shape index (κ2) is 5.64. The van der Waals surface area contributed by atoms with Gasteiger partial charge in [0.25, 0.3) is 0 Å². The Morgan fingerprint density at radius 2 is 2.00 bits per heavy atom. The van der Waals surface area contributed by atoms with Crippen LogP contribution in [0.15, 0.2) is 28.7 Å². The quantitative estimate of drug-likeness (QED) is 0.871. The largest absolute Gasteiger partial charge is 0.357 e. The van der Waals surface area contributed by atoms with E-state index in [0.29, 0.717) is 5.95 Å². The highest BCUT2D eigenvalue weighted by atomic mass is 32.2. The summed E-state index contributed by atoms with van der Waals surface area (Å²) in [5, 5.41) is 4.67. The molecule has 0 aliphatic carbocycles. The van der Waals surface area contributed by atoms with Crippen molar-refractivity contribution in [1.29, 1.82) is 0 Å². The first kappa shape index (κ1) is 13.9. The molecule has 2 N–H and O–H groups in total. The Balaban J connectivity index is 2.11. The predicted octanol–water partition coefficient (Wildman–Crippen LogP) is 1.37. The lowest BCUT2D eigenvalue weighted by molar-refractivity contribution is 0.581. The van der Waals surface area contributed by atoms with Gasteiger partial charge in [-0.25, -0.2) is 23.1 Å². The molecule has 2 heterocycles. The molecule has 0 radical (unpaired) electrons. The number of thiophene rings is 1. The maximum absolute atomic E-state index is 12.0. The van der Waals surface area contributed by atoms with Gasteiger partial charge < -0.3 is 5.32 Å². The Bertz CT molecular complexity index is 650. The van der Waals surface area contributed by atoms with Crippen molar-refractivity contribution >= 4 is 27.3 Å². The SMILES string of the molecule is CNc1ncc(S(=O)(=O)NCc2sccc2C)cn1. The Labute approximate surface area is 116 Å². The van der Waals surface area contributed by atoms with Crippen LogP contribution >= 0.6 is 11.3 Å². The minimum Gasteiger partial charge on any atom is -0.357 e. The second-order valence-corrected chi connectivity index (χ2v) is 6.61. The second-order valence-electron chi connectivity index (χ2n) is 3.84. The van der Waals surface area contributed by atoms with Crippen molar-refractivity contribution in [2.75, 3.05) is 12.4 Å². The van der Waals surface area contributed by atoms with Crippen LogP contribution in [0.4, 0.5) is 5.95 Å². The zero-order valence-electron chi connectivity index (χ0n) is 10.5. The molecule has 6 nitrogen and oxygen atoms in total. The molecular weight excluding hydrogens is 284 g/mol. The van der Waals surface area contributed by atoms with Gasteiger partial charge in [-0.15, -0.1) is 11.3 Å². The van der Waals surface area contributed by atoms with Crippen LogP contribution in [0.2, 0.25) is 0 Å². The third-order valence-corrected chi connectivity index (χ3v) is 4.93. The fourth-order valence-corrected chi connectivity index (χ4v) is 3.23. The maximum Gasteiger partial charge on any atom is 0.243 e. The molecule has 19 heavy (non-hydrogen) atoms. The number of rotatable bonds is 5. The summed E-state index contributed by atoms with van der Waals surface area (Å²) in [6.45, 7) is 2.23. The molecule has 0 saturated heterocycles. The maximum atomic E-state index is 12.0. The molecule has 0 aromatic carbocycles. The van der Waals surface area contributed by atoms with Crippen LogP contribution in [0, 0.1) is 6.92 Å². The van der Waals surface area contributed by atoms with E-state index in [4.69, 9.17) is 0 Å². The number of sulfonamides is 1. The van der Waals surface area contributed by atoms with Crippen molar-refractivity contribution in [2.24, 2.45) is 0 Å². The van der Waals surface area contributed by atoms with Crippen LogP contribution in [0.25, 0.3) is 0 Å². The number of nitrogens with one attached hydrogen (secondary N) is 2. The number of anilines is 1. The molecule has 0 amide bonds. The van der Waals surface area contributed by atoms with Crippen molar-refractivity contribution in [1.82, 2.24) is 14.7 Å². The molecule has 0 atom stereocenters. The van der Waals surface area contributed by atoms with Crippen LogP contribution in [0.1, 0.15) is 10.4 Å². The number of hydrogen-bond acceptors (Lipinski definition) is 6. The average molecular weight is 298 g/mol. The highest BCUT2D eigenvalue weighted by molar-refractivity contribution is 7.89. The minimum absolute atomic E-state index is 0.0562. The summed E-state index contributed by atoms with van der Waals surface area (Å²) in [5.74, 6) is 0.382. The van der Waals surface area contributed by atoms with E-state index in [-0.39, 0.29) is 11.4 Å². The van der Waals surface area contributed by atoms with Gasteiger partial charge in [0, 0.05) is 18.5 Å². The molecule has 0 fully saturated rings. The van der Waals surface area contributed by atoms with Crippen LogP contribution in [0.3, 0.4) is 0 Å². The van der Waals surface area contributed by atoms with Gasteiger partial charge in [-0.1, -0.05) is 0 Å². The third kappa shape index (κ3) is 3.28. The van der Waals surface area contributed by atoms with E-state index in [1.165, 1.54) is 23.7 Å². The summed E-state index contributed by atoms with van der Waals surface area (Å²) >= 11 is 1.52. The minimum atomic E-state index is -3.57. The average Bonchev–Trinajstić information content (AvgIpc) is 2.82. The van der Waals surface area contributed by atoms with E-state index < -0.39 is 10.0 Å². The van der Waals surface area contributed by atoms with Crippen molar-refractivity contribution in [2.45, 2.75) is 18.4 Å². The molecule has 0 aliphatic heterocycles. The number of nitrogens with zero attached hydrogens (tertiary/aromatic N) is 2. The number of hydrogen-bond donors (Lipinski definition) is 2. The molecule has 0 unspecified atom stereocenters. The monoisotopic (exact) mass is 298 g/mol. The predicted molar refractivity (Wildman–Crippen MR) is 74.7 cm³/mol. The smallest absolute Gasteiger partial charge is 0.243 e. The normalized spacial score (nSPS) is 11.5. The van der Waals surface area contributed by atoms with E-state index in [0.717, 1.165) is 10.4 Å². The van der Waals surface area contributed by atoms with E-state index in [1.54, 1.807) is 7.05 Å². The van der Waals surface area contributed by atoms with Gasteiger partial charge in [-0.3, -0.25) is 0 Å². The molecule has 2 aromatic rings. The highest BCUT2D eigenvalue weighted by Crippen LogP contribution is 2.16. The Morgan fingerprint density at radius 3 is 2.53 bits per heavy atom. The van der Waals surface area contributed by atoms with Crippen LogP contribution in [-0.4, -0.2) is 25.4 Å². The molecule has 0 aliphatic rings. The van der Waals surface area contributed by atoms with Crippen LogP contribution in [0.5, 0.6) is 0 Å². The molecular formula is C11H14N4O2S2. The van der Waals surface area contributed by atoms with Crippen molar-refractivity contribution in [3.05, 3.63) is 34.3 Å². The van der Waals surface area contributed by atoms with E-state index >= 15 is 0 Å². The molecule has 0 spiro atoms. The zero-order chi connectivity index (χ0) is 13.9. The van der Waals surface area contributed by atoms with Gasteiger partial charge in [-0.2, -0.15) is 0 Å². The molecule has 0 bridgehead atoms. The number of aromatic nitrogens is 2. The summed E-state index contributed by atoms with van der Waals surface area (Å²) in [4.78, 5) is 8.83. The summed E-state index contributed by atoms with van der Waals surface area (Å²) < 4.78 is 26.6. The van der Waals surface area contributed by atoms with Gasteiger partial charge in [0.1, 0.15) is 4.90 Å². The van der Waals surface area contributed by atoms with Crippen molar-refractivity contribution < 1.29 is 8.42 Å². The summed E-state index contributed by atoms with van der Waals surface area (Å²) in [6.07, 6.45) is 2.56. The Hall–Kier alpha value is -1.51. The first-order valence-corrected chi connectivity index (χ1v) is 7.91. The van der Waals surface area contributed by atoms with Gasteiger partial charge in [0.05, 0.1) is 12.4 Å². The third-order valence-electron chi connectivity index (χ3n) is 2.55. The highest BCUT2D eigenvalue weighted by Gasteiger charge is 2.15. The topological polar surface area (TPSA) is 84.0 Å². The lowest BCUT2D eigenvalue weighted by Crippen LogP contribution is -2.23. The van der Waals surface area contributed by atoms with E-state index in [1.807, 2.05) is 18.4 Å². The van der Waals surface area contributed by atoms with Gasteiger partial charge in [0.15, 0.2) is 0 Å². The summed E-state index contributed by atoms with van der Waals surface area (Å²) in [7, 11) is -1.91. The molecule has 102 valence electrons. The standard InChI is InChI=1S/C11H14N4O2S2/c1-8-3-4-18-10(8)7-15-19(16,17)9-5-13-11(12-2)14-6-9/h3-6,15H,7H2,1-2H3,(H,12,13,14). The van der Waals surface area contributed by atoms with Crippen molar-refractivity contribution in [3.8, 4) is 0 Å². The van der Waals surface area contributed by atoms with Gasteiger partial charge in [-0.05, 0) is 23.9 Å². The molecule has 2 rings (SSSR count). The molecule has 8 heteroatoms. The Kier molecular flexibility index (Phi) is 4.13. The first-order chi connectivity index (χ1) is 9.03.